The molecule has 2 rings (SSSR count). The van der Waals surface area contributed by atoms with Gasteiger partial charge in [-0.2, -0.15) is 0 Å². The zero-order valence-electron chi connectivity index (χ0n) is 10.7. The lowest BCUT2D eigenvalue weighted by Gasteiger charge is -2.07. The van der Waals surface area contributed by atoms with Gasteiger partial charge >= 0.3 is 0 Å². The average molecular weight is 238 g/mol. The molecule has 0 saturated carbocycles. The van der Waals surface area contributed by atoms with Gasteiger partial charge in [0.05, 0.1) is 18.2 Å². The van der Waals surface area contributed by atoms with Crippen LogP contribution < -0.4 is 4.74 Å². The minimum Gasteiger partial charge on any atom is -0.495 e. The summed E-state index contributed by atoms with van der Waals surface area (Å²) in [5.41, 5.74) is 2.60. The smallest absolute Gasteiger partial charge is 0.136 e. The van der Waals surface area contributed by atoms with Crippen molar-refractivity contribution in [2.75, 3.05) is 7.11 Å². The van der Waals surface area contributed by atoms with E-state index in [4.69, 9.17) is 11.2 Å². The van der Waals surface area contributed by atoms with Gasteiger partial charge in [-0.1, -0.05) is 32.4 Å². The topological polar surface area (TPSA) is 22.1 Å². The molecule has 0 fully saturated rings. The Balaban J connectivity index is 0.000000771. The Morgan fingerprint density at radius 1 is 1.39 bits per heavy atom. The first-order valence-electron chi connectivity index (χ1n) is 5.56. The van der Waals surface area contributed by atoms with Crippen molar-refractivity contribution in [2.24, 2.45) is 0 Å². The quantitative estimate of drug-likeness (QED) is 0.744. The fraction of sp³-hybridized carbons (Fsp3) is 0.125. The minimum atomic E-state index is 0.670. The lowest BCUT2D eigenvalue weighted by atomic mass is 10.1. The van der Waals surface area contributed by atoms with E-state index >= 15 is 0 Å². The maximum absolute atomic E-state index is 5.43. The molecule has 0 bridgehead atoms. The van der Waals surface area contributed by atoms with Crippen molar-refractivity contribution in [3.05, 3.63) is 49.0 Å². The maximum atomic E-state index is 5.43. The molecule has 18 heavy (non-hydrogen) atoms. The SMILES string of the molecule is C#Cc1cc2c(C=C)ccnc2cc1OC.[CH2]C. The van der Waals surface area contributed by atoms with Crippen molar-refractivity contribution < 1.29 is 4.74 Å². The van der Waals surface area contributed by atoms with E-state index in [1.54, 1.807) is 26.3 Å². The first-order chi connectivity index (χ1) is 8.80. The highest BCUT2D eigenvalue weighted by Gasteiger charge is 2.06. The second-order valence-electron chi connectivity index (χ2n) is 3.32. The van der Waals surface area contributed by atoms with Crippen LogP contribution in [-0.4, -0.2) is 12.1 Å². The molecule has 0 atom stereocenters. The van der Waals surface area contributed by atoms with Gasteiger partial charge in [-0.15, -0.1) is 6.42 Å². The van der Waals surface area contributed by atoms with Crippen molar-refractivity contribution in [2.45, 2.75) is 6.92 Å². The average Bonchev–Trinajstić information content (AvgIpc) is 2.47. The van der Waals surface area contributed by atoms with Crippen LogP contribution in [0.3, 0.4) is 0 Å². The molecule has 0 spiro atoms. The number of rotatable bonds is 2. The molecule has 1 aromatic heterocycles. The zero-order chi connectivity index (χ0) is 13.5. The number of methoxy groups -OCH3 is 1. The molecule has 0 aliphatic carbocycles. The Hall–Kier alpha value is -2.27. The molecule has 2 heteroatoms. The van der Waals surface area contributed by atoms with Gasteiger partial charge in [0.15, 0.2) is 0 Å². The first-order valence-corrected chi connectivity index (χ1v) is 5.56. The molecule has 91 valence electrons. The summed E-state index contributed by atoms with van der Waals surface area (Å²) in [6.45, 7) is 8.77. The number of hydrogen-bond donors (Lipinski definition) is 0. The normalized spacial score (nSPS) is 9.00. The van der Waals surface area contributed by atoms with Gasteiger partial charge in [0.25, 0.3) is 0 Å². The number of aromatic nitrogens is 1. The number of terminal acetylenes is 1. The van der Waals surface area contributed by atoms with Gasteiger partial charge in [-0.3, -0.25) is 4.98 Å². The molecular weight excluding hydrogens is 222 g/mol. The van der Waals surface area contributed by atoms with Crippen LogP contribution in [0.1, 0.15) is 18.1 Å². The van der Waals surface area contributed by atoms with Crippen LogP contribution >= 0.6 is 0 Å². The Bertz CT molecular complexity index is 594. The van der Waals surface area contributed by atoms with E-state index in [1.807, 2.05) is 18.2 Å². The van der Waals surface area contributed by atoms with Crippen molar-refractivity contribution in [3.63, 3.8) is 0 Å². The van der Waals surface area contributed by atoms with Crippen LogP contribution in [0.4, 0.5) is 0 Å². The van der Waals surface area contributed by atoms with Crippen molar-refractivity contribution in [3.8, 4) is 18.1 Å². The molecule has 1 aromatic carbocycles. The van der Waals surface area contributed by atoms with Gasteiger partial charge in [0, 0.05) is 17.6 Å². The number of hydrogen-bond acceptors (Lipinski definition) is 2. The van der Waals surface area contributed by atoms with Crippen LogP contribution in [0.2, 0.25) is 0 Å². The Kier molecular flexibility index (Phi) is 4.95. The third-order valence-corrected chi connectivity index (χ3v) is 2.47. The summed E-state index contributed by atoms with van der Waals surface area (Å²) in [5.74, 6) is 3.27. The second-order valence-corrected chi connectivity index (χ2v) is 3.32. The van der Waals surface area contributed by atoms with E-state index in [1.165, 1.54) is 0 Å². The highest BCUT2D eigenvalue weighted by atomic mass is 16.5. The predicted octanol–water partition coefficient (Wildman–Crippen LogP) is 3.71. The van der Waals surface area contributed by atoms with Crippen LogP contribution in [0, 0.1) is 19.3 Å². The summed E-state index contributed by atoms with van der Waals surface area (Å²) < 4.78 is 5.21. The molecule has 0 aliphatic rings. The fourth-order valence-electron chi connectivity index (χ4n) is 1.65. The fourth-order valence-corrected chi connectivity index (χ4v) is 1.65. The largest absolute Gasteiger partial charge is 0.495 e. The predicted molar refractivity (Wildman–Crippen MR) is 77.4 cm³/mol. The number of ether oxygens (including phenoxy) is 1. The summed E-state index contributed by atoms with van der Waals surface area (Å²) >= 11 is 0. The number of fused-ring (bicyclic) bond motifs is 1. The Labute approximate surface area is 108 Å². The molecule has 1 heterocycles. The van der Waals surface area contributed by atoms with E-state index in [0.717, 1.165) is 22.0 Å². The van der Waals surface area contributed by atoms with Gasteiger partial charge in [0.1, 0.15) is 5.75 Å². The Morgan fingerprint density at radius 3 is 2.67 bits per heavy atom. The summed E-state index contributed by atoms with van der Waals surface area (Å²) in [6.07, 6.45) is 8.97. The highest BCUT2D eigenvalue weighted by Crippen LogP contribution is 2.26. The highest BCUT2D eigenvalue weighted by molar-refractivity contribution is 5.90. The Morgan fingerprint density at radius 2 is 2.11 bits per heavy atom. The van der Waals surface area contributed by atoms with Crippen molar-refractivity contribution >= 4 is 17.0 Å². The van der Waals surface area contributed by atoms with Crippen LogP contribution in [-0.2, 0) is 0 Å². The minimum absolute atomic E-state index is 0.670. The van der Waals surface area contributed by atoms with Crippen molar-refractivity contribution in [1.29, 1.82) is 0 Å². The molecule has 0 aliphatic heterocycles. The van der Waals surface area contributed by atoms with Gasteiger partial charge in [-0.25, -0.2) is 0 Å². The van der Waals surface area contributed by atoms with Crippen LogP contribution in [0.25, 0.3) is 17.0 Å². The summed E-state index contributed by atoms with van der Waals surface area (Å²) in [7, 11) is 1.60. The summed E-state index contributed by atoms with van der Waals surface area (Å²) in [5, 5.41) is 0.992. The van der Waals surface area contributed by atoms with E-state index in [0.29, 0.717) is 5.75 Å². The first kappa shape index (κ1) is 13.8. The van der Waals surface area contributed by atoms with E-state index in [-0.39, 0.29) is 0 Å². The molecule has 0 unspecified atom stereocenters. The maximum Gasteiger partial charge on any atom is 0.136 e. The second kappa shape index (κ2) is 6.46. The van der Waals surface area contributed by atoms with Crippen molar-refractivity contribution in [1.82, 2.24) is 4.98 Å². The van der Waals surface area contributed by atoms with Crippen LogP contribution in [0.5, 0.6) is 5.75 Å². The molecule has 2 aromatic rings. The van der Waals surface area contributed by atoms with E-state index < -0.39 is 0 Å². The van der Waals surface area contributed by atoms with Gasteiger partial charge in [-0.05, 0) is 17.7 Å². The molecule has 0 N–H and O–H groups in total. The van der Waals surface area contributed by atoms with E-state index in [9.17, 15) is 0 Å². The zero-order valence-corrected chi connectivity index (χ0v) is 10.7. The third-order valence-electron chi connectivity index (χ3n) is 2.47. The van der Waals surface area contributed by atoms with Crippen LogP contribution in [0.15, 0.2) is 31.0 Å². The molecule has 1 radical (unpaired) electrons. The summed E-state index contributed by atoms with van der Waals surface area (Å²) in [4.78, 5) is 4.28. The number of benzene rings is 1. The molecule has 0 saturated heterocycles. The lowest BCUT2D eigenvalue weighted by molar-refractivity contribution is 0.414. The monoisotopic (exact) mass is 238 g/mol. The standard InChI is InChI=1S/C14H11NO.C2H5/c1-4-10-6-7-15-13-9-14(16-3)11(5-2)8-12(10)13;1-2/h2,4,6-9H,1H2,3H3;1H2,2H3. The molecular formula is C16H16NO. The molecule has 2 nitrogen and oxygen atoms in total. The number of nitrogens with zero attached hydrogens (tertiary/aromatic N) is 1. The van der Waals surface area contributed by atoms with Gasteiger partial charge < -0.3 is 4.74 Å². The van der Waals surface area contributed by atoms with Gasteiger partial charge in [0.2, 0.25) is 0 Å². The third kappa shape index (κ3) is 2.52. The van der Waals surface area contributed by atoms with E-state index in [2.05, 4.69) is 24.4 Å². The lowest BCUT2D eigenvalue weighted by Crippen LogP contribution is -1.90. The number of pyridine rings is 1. The summed E-state index contributed by atoms with van der Waals surface area (Å²) in [6, 6.07) is 5.65. The molecule has 0 amide bonds.